The lowest BCUT2D eigenvalue weighted by Crippen LogP contribution is -2.40. The van der Waals surface area contributed by atoms with Crippen molar-refractivity contribution in [2.24, 2.45) is 5.73 Å². The van der Waals surface area contributed by atoms with Crippen LogP contribution in [0.15, 0.2) is 22.7 Å². The zero-order valence-corrected chi connectivity index (χ0v) is 14.8. The van der Waals surface area contributed by atoms with Gasteiger partial charge >= 0.3 is 0 Å². The standard InChI is InChI=1S/C14H20BrN3O3.ClH/c1-2-3-4-11(9-16)17-14(19)7-10-5-6-12(18(20)21)8-13(10)15;/h5-6,8,11H,2-4,7,9,16H2,1H3,(H,17,19);1H. The number of unbranched alkanes of at least 4 members (excludes halogenated alkanes) is 1. The fraction of sp³-hybridized carbons (Fsp3) is 0.500. The van der Waals surface area contributed by atoms with Crippen molar-refractivity contribution in [1.82, 2.24) is 5.32 Å². The Bertz CT molecular complexity index is 514. The van der Waals surface area contributed by atoms with Gasteiger partial charge in [0.2, 0.25) is 5.91 Å². The Morgan fingerprint density at radius 2 is 2.18 bits per heavy atom. The Kier molecular flexibility index (Phi) is 9.97. The number of carbonyl (C=O) groups excluding carboxylic acids is 1. The number of non-ortho nitro benzene ring substituents is 1. The first-order valence-electron chi connectivity index (χ1n) is 6.90. The maximum atomic E-state index is 12.0. The van der Waals surface area contributed by atoms with Crippen LogP contribution in [-0.2, 0) is 11.2 Å². The van der Waals surface area contributed by atoms with Crippen molar-refractivity contribution in [2.45, 2.75) is 38.6 Å². The molecule has 0 spiro atoms. The summed E-state index contributed by atoms with van der Waals surface area (Å²) in [5.74, 6) is -0.129. The smallest absolute Gasteiger partial charge is 0.270 e. The number of nitro groups is 1. The highest BCUT2D eigenvalue weighted by atomic mass is 79.9. The molecule has 0 radical (unpaired) electrons. The van der Waals surface area contributed by atoms with E-state index in [1.165, 1.54) is 12.1 Å². The summed E-state index contributed by atoms with van der Waals surface area (Å²) in [5, 5.41) is 13.6. The van der Waals surface area contributed by atoms with E-state index in [1.54, 1.807) is 6.07 Å². The van der Waals surface area contributed by atoms with E-state index in [1.807, 2.05) is 0 Å². The number of nitrogens with one attached hydrogen (secondary N) is 1. The zero-order valence-electron chi connectivity index (χ0n) is 12.4. The highest BCUT2D eigenvalue weighted by molar-refractivity contribution is 9.10. The van der Waals surface area contributed by atoms with Crippen molar-refractivity contribution in [3.05, 3.63) is 38.3 Å². The van der Waals surface area contributed by atoms with E-state index >= 15 is 0 Å². The van der Waals surface area contributed by atoms with Crippen LogP contribution in [0.5, 0.6) is 0 Å². The molecule has 1 amide bonds. The lowest BCUT2D eigenvalue weighted by Gasteiger charge is -2.16. The molecule has 0 aliphatic heterocycles. The van der Waals surface area contributed by atoms with Crippen LogP contribution in [0.4, 0.5) is 5.69 Å². The molecule has 0 saturated carbocycles. The fourth-order valence-corrected chi connectivity index (χ4v) is 2.45. The van der Waals surface area contributed by atoms with Crippen LogP contribution < -0.4 is 11.1 Å². The number of hydrogen-bond acceptors (Lipinski definition) is 4. The summed E-state index contributed by atoms with van der Waals surface area (Å²) in [7, 11) is 0. The number of nitrogens with two attached hydrogens (primary N) is 1. The molecule has 124 valence electrons. The molecule has 0 aliphatic rings. The van der Waals surface area contributed by atoms with Gasteiger partial charge < -0.3 is 11.1 Å². The minimum absolute atomic E-state index is 0. The lowest BCUT2D eigenvalue weighted by molar-refractivity contribution is -0.384. The van der Waals surface area contributed by atoms with Gasteiger partial charge in [-0.2, -0.15) is 0 Å². The van der Waals surface area contributed by atoms with E-state index in [2.05, 4.69) is 28.2 Å². The van der Waals surface area contributed by atoms with Crippen LogP contribution in [0, 0.1) is 10.1 Å². The average molecular weight is 395 g/mol. The Morgan fingerprint density at radius 3 is 2.68 bits per heavy atom. The highest BCUT2D eigenvalue weighted by Crippen LogP contribution is 2.23. The summed E-state index contributed by atoms with van der Waals surface area (Å²) in [6.45, 7) is 2.50. The lowest BCUT2D eigenvalue weighted by atomic mass is 10.1. The van der Waals surface area contributed by atoms with E-state index in [0.717, 1.165) is 19.3 Å². The third kappa shape index (κ3) is 6.72. The number of nitro benzene ring substituents is 1. The van der Waals surface area contributed by atoms with Crippen LogP contribution in [0.1, 0.15) is 31.7 Å². The summed E-state index contributed by atoms with van der Waals surface area (Å²) < 4.78 is 0.560. The van der Waals surface area contributed by atoms with Crippen LogP contribution in [0.25, 0.3) is 0 Å². The van der Waals surface area contributed by atoms with Gasteiger partial charge in [0, 0.05) is 29.2 Å². The molecule has 3 N–H and O–H groups in total. The van der Waals surface area contributed by atoms with Crippen LogP contribution in [0.2, 0.25) is 0 Å². The summed E-state index contributed by atoms with van der Waals surface area (Å²) in [6, 6.07) is 4.37. The third-order valence-electron chi connectivity index (χ3n) is 3.15. The van der Waals surface area contributed by atoms with Crippen LogP contribution in [0.3, 0.4) is 0 Å². The molecule has 6 nitrogen and oxygen atoms in total. The number of benzene rings is 1. The van der Waals surface area contributed by atoms with Crippen LogP contribution >= 0.6 is 28.3 Å². The van der Waals surface area contributed by atoms with E-state index in [0.29, 0.717) is 16.6 Å². The fourth-order valence-electron chi connectivity index (χ4n) is 1.94. The van der Waals surface area contributed by atoms with Gasteiger partial charge in [0.05, 0.1) is 11.3 Å². The first kappa shape index (κ1) is 20.8. The molecule has 1 rings (SSSR count). The molecule has 0 aliphatic carbocycles. The predicted molar refractivity (Wildman–Crippen MR) is 92.3 cm³/mol. The van der Waals surface area contributed by atoms with Gasteiger partial charge in [-0.15, -0.1) is 12.4 Å². The molecule has 1 aromatic carbocycles. The molecular formula is C14H21BrClN3O3. The summed E-state index contributed by atoms with van der Waals surface area (Å²) in [4.78, 5) is 22.2. The Balaban J connectivity index is 0.00000441. The van der Waals surface area contributed by atoms with Crippen molar-refractivity contribution in [3.8, 4) is 0 Å². The molecular weight excluding hydrogens is 374 g/mol. The van der Waals surface area contributed by atoms with E-state index in [-0.39, 0.29) is 36.5 Å². The maximum absolute atomic E-state index is 12.0. The number of amides is 1. The van der Waals surface area contributed by atoms with E-state index in [4.69, 9.17) is 5.73 Å². The summed E-state index contributed by atoms with van der Waals surface area (Å²) in [5.41, 5.74) is 6.35. The van der Waals surface area contributed by atoms with Crippen molar-refractivity contribution < 1.29 is 9.72 Å². The molecule has 0 heterocycles. The topological polar surface area (TPSA) is 98.3 Å². The second-order valence-corrected chi connectivity index (χ2v) is 5.71. The number of carbonyl (C=O) groups is 1. The van der Waals surface area contributed by atoms with Gasteiger partial charge in [0.15, 0.2) is 0 Å². The number of nitrogens with zero attached hydrogens (tertiary/aromatic N) is 1. The molecule has 0 bridgehead atoms. The predicted octanol–water partition coefficient (Wildman–Crippen LogP) is 2.96. The van der Waals surface area contributed by atoms with Crippen LogP contribution in [-0.4, -0.2) is 23.4 Å². The highest BCUT2D eigenvalue weighted by Gasteiger charge is 2.14. The van der Waals surface area contributed by atoms with Crippen molar-refractivity contribution >= 4 is 39.9 Å². The third-order valence-corrected chi connectivity index (χ3v) is 3.89. The Morgan fingerprint density at radius 1 is 1.50 bits per heavy atom. The number of rotatable bonds is 8. The Labute approximate surface area is 144 Å². The first-order valence-corrected chi connectivity index (χ1v) is 7.69. The van der Waals surface area contributed by atoms with Crippen molar-refractivity contribution in [1.29, 1.82) is 0 Å². The van der Waals surface area contributed by atoms with Gasteiger partial charge in [-0.05, 0) is 12.0 Å². The second-order valence-electron chi connectivity index (χ2n) is 4.85. The number of hydrogen-bond donors (Lipinski definition) is 2. The molecule has 1 aromatic rings. The molecule has 1 atom stereocenters. The normalized spacial score (nSPS) is 11.4. The van der Waals surface area contributed by atoms with E-state index < -0.39 is 4.92 Å². The molecule has 22 heavy (non-hydrogen) atoms. The van der Waals surface area contributed by atoms with Crippen molar-refractivity contribution in [2.75, 3.05) is 6.54 Å². The monoisotopic (exact) mass is 393 g/mol. The van der Waals surface area contributed by atoms with Crippen molar-refractivity contribution in [3.63, 3.8) is 0 Å². The summed E-state index contributed by atoms with van der Waals surface area (Å²) >= 11 is 3.26. The average Bonchev–Trinajstić information content (AvgIpc) is 2.45. The quantitative estimate of drug-likeness (QED) is 0.523. The minimum atomic E-state index is -0.468. The Hall–Kier alpha value is -1.18. The summed E-state index contributed by atoms with van der Waals surface area (Å²) in [6.07, 6.45) is 3.10. The molecule has 0 fully saturated rings. The minimum Gasteiger partial charge on any atom is -0.352 e. The van der Waals surface area contributed by atoms with Gasteiger partial charge in [-0.3, -0.25) is 14.9 Å². The molecule has 1 unspecified atom stereocenters. The van der Waals surface area contributed by atoms with Gasteiger partial charge in [0.1, 0.15) is 0 Å². The molecule has 0 aromatic heterocycles. The molecule has 0 saturated heterocycles. The molecule has 8 heteroatoms. The largest absolute Gasteiger partial charge is 0.352 e. The van der Waals surface area contributed by atoms with Gasteiger partial charge in [-0.1, -0.05) is 41.8 Å². The second kappa shape index (κ2) is 10.5. The first-order chi connectivity index (χ1) is 9.97. The zero-order chi connectivity index (χ0) is 15.8. The van der Waals surface area contributed by atoms with E-state index in [9.17, 15) is 14.9 Å². The van der Waals surface area contributed by atoms with Gasteiger partial charge in [-0.25, -0.2) is 0 Å². The SMILES string of the molecule is CCCCC(CN)NC(=O)Cc1ccc([N+](=O)[O-])cc1Br.Cl. The number of halogens is 2. The maximum Gasteiger partial charge on any atom is 0.270 e. The van der Waals surface area contributed by atoms with Gasteiger partial charge in [0.25, 0.3) is 5.69 Å².